The number of hydrogen-bond donors (Lipinski definition) is 1. The number of aliphatic carboxylic acids is 1. The van der Waals surface area contributed by atoms with Crippen LogP contribution in [-0.4, -0.2) is 23.7 Å². The smallest absolute Gasteiger partial charge is 0.326 e. The third-order valence-corrected chi connectivity index (χ3v) is 3.15. The number of carboxylic acid groups (broad SMARTS) is 1. The van der Waals surface area contributed by atoms with Crippen LogP contribution in [0.25, 0.3) is 0 Å². The number of nitrogens with zero attached hydrogens (tertiary/aromatic N) is 1. The SMILES string of the molecule is O=C(O)C1CCCN1c1cc(Cl)cc(Cl)c1. The van der Waals surface area contributed by atoms with Crippen LogP contribution in [0, 0.1) is 0 Å². The number of anilines is 1. The monoisotopic (exact) mass is 259 g/mol. The summed E-state index contributed by atoms with van der Waals surface area (Å²) in [6, 6.07) is 4.66. The molecule has 1 N–H and O–H groups in total. The number of rotatable bonds is 2. The third kappa shape index (κ3) is 2.25. The second-order valence-corrected chi connectivity index (χ2v) is 4.69. The highest BCUT2D eigenvalue weighted by Gasteiger charge is 2.30. The molecule has 1 aliphatic heterocycles. The fraction of sp³-hybridized carbons (Fsp3) is 0.364. The molecule has 1 unspecified atom stereocenters. The highest BCUT2D eigenvalue weighted by atomic mass is 35.5. The van der Waals surface area contributed by atoms with Crippen molar-refractivity contribution in [1.29, 1.82) is 0 Å². The summed E-state index contributed by atoms with van der Waals surface area (Å²) < 4.78 is 0. The van der Waals surface area contributed by atoms with Crippen molar-refractivity contribution in [3.05, 3.63) is 28.2 Å². The first-order chi connectivity index (χ1) is 7.58. The van der Waals surface area contributed by atoms with E-state index in [0.717, 1.165) is 18.7 Å². The van der Waals surface area contributed by atoms with Gasteiger partial charge in [-0.3, -0.25) is 0 Å². The molecule has 1 aromatic carbocycles. The van der Waals surface area contributed by atoms with Gasteiger partial charge < -0.3 is 10.0 Å². The van der Waals surface area contributed by atoms with Crippen molar-refractivity contribution in [2.75, 3.05) is 11.4 Å². The zero-order valence-corrected chi connectivity index (χ0v) is 10.0. The summed E-state index contributed by atoms with van der Waals surface area (Å²) in [6.45, 7) is 0.730. The Morgan fingerprint density at radius 2 is 1.94 bits per heavy atom. The van der Waals surface area contributed by atoms with Crippen LogP contribution in [0.2, 0.25) is 10.0 Å². The van der Waals surface area contributed by atoms with E-state index in [-0.39, 0.29) is 0 Å². The van der Waals surface area contributed by atoms with Crippen LogP contribution in [-0.2, 0) is 4.79 Å². The Hall–Kier alpha value is -0.930. The third-order valence-electron chi connectivity index (χ3n) is 2.72. The molecular formula is C11H11Cl2NO2. The molecular weight excluding hydrogens is 249 g/mol. The van der Waals surface area contributed by atoms with Crippen molar-refractivity contribution in [3.8, 4) is 0 Å². The molecule has 0 spiro atoms. The van der Waals surface area contributed by atoms with E-state index in [4.69, 9.17) is 28.3 Å². The number of carbonyl (C=O) groups is 1. The van der Waals surface area contributed by atoms with Gasteiger partial charge in [0, 0.05) is 22.3 Å². The molecule has 0 aromatic heterocycles. The quantitative estimate of drug-likeness (QED) is 0.888. The van der Waals surface area contributed by atoms with Crippen LogP contribution in [0.5, 0.6) is 0 Å². The molecule has 1 aliphatic rings. The molecule has 1 aromatic rings. The van der Waals surface area contributed by atoms with Crippen molar-refractivity contribution in [2.24, 2.45) is 0 Å². The van der Waals surface area contributed by atoms with Crippen molar-refractivity contribution in [3.63, 3.8) is 0 Å². The minimum absolute atomic E-state index is 0.463. The Morgan fingerprint density at radius 1 is 1.31 bits per heavy atom. The molecule has 1 atom stereocenters. The fourth-order valence-electron chi connectivity index (χ4n) is 2.04. The van der Waals surface area contributed by atoms with Crippen LogP contribution in [0.3, 0.4) is 0 Å². The van der Waals surface area contributed by atoms with Crippen LogP contribution < -0.4 is 4.90 Å². The van der Waals surface area contributed by atoms with E-state index in [1.807, 2.05) is 4.90 Å². The average Bonchev–Trinajstić information content (AvgIpc) is 2.63. The normalized spacial score (nSPS) is 20.1. The molecule has 5 heteroatoms. The standard InChI is InChI=1S/C11H11Cl2NO2/c12-7-4-8(13)6-9(5-7)14-3-1-2-10(14)11(15)16/h4-6,10H,1-3H2,(H,15,16). The summed E-state index contributed by atoms with van der Waals surface area (Å²) in [5.74, 6) is -0.798. The Kier molecular flexibility index (Phi) is 3.26. The van der Waals surface area contributed by atoms with Crippen LogP contribution in [0.1, 0.15) is 12.8 Å². The van der Waals surface area contributed by atoms with Gasteiger partial charge >= 0.3 is 5.97 Å². The van der Waals surface area contributed by atoms with E-state index in [9.17, 15) is 4.79 Å². The Balaban J connectivity index is 2.32. The highest BCUT2D eigenvalue weighted by molar-refractivity contribution is 6.35. The predicted octanol–water partition coefficient (Wildman–Crippen LogP) is 3.05. The molecule has 0 radical (unpaired) electrons. The van der Waals surface area contributed by atoms with Gasteiger partial charge in [0.25, 0.3) is 0 Å². The van der Waals surface area contributed by atoms with Crippen LogP contribution in [0.15, 0.2) is 18.2 Å². The molecule has 3 nitrogen and oxygen atoms in total. The van der Waals surface area contributed by atoms with Gasteiger partial charge in [-0.05, 0) is 31.0 Å². The van der Waals surface area contributed by atoms with E-state index in [0.29, 0.717) is 16.5 Å². The van der Waals surface area contributed by atoms with Crippen molar-refractivity contribution >= 4 is 34.9 Å². The second kappa shape index (κ2) is 4.52. The van der Waals surface area contributed by atoms with E-state index < -0.39 is 12.0 Å². The summed E-state index contributed by atoms with van der Waals surface area (Å²) in [7, 11) is 0. The average molecular weight is 260 g/mol. The molecule has 1 saturated heterocycles. The molecule has 1 fully saturated rings. The second-order valence-electron chi connectivity index (χ2n) is 3.82. The van der Waals surface area contributed by atoms with Gasteiger partial charge in [-0.15, -0.1) is 0 Å². The summed E-state index contributed by atoms with van der Waals surface area (Å²) in [4.78, 5) is 12.9. The maximum atomic E-state index is 11.0. The van der Waals surface area contributed by atoms with Gasteiger partial charge in [0.1, 0.15) is 6.04 Å². The zero-order valence-electron chi connectivity index (χ0n) is 8.49. The topological polar surface area (TPSA) is 40.5 Å². The predicted molar refractivity (Wildman–Crippen MR) is 64.5 cm³/mol. The maximum absolute atomic E-state index is 11.0. The summed E-state index contributed by atoms with van der Waals surface area (Å²) >= 11 is 11.8. The van der Waals surface area contributed by atoms with Gasteiger partial charge in [-0.25, -0.2) is 4.79 Å². The Bertz CT molecular complexity index is 402. The molecule has 86 valence electrons. The number of benzene rings is 1. The van der Waals surface area contributed by atoms with E-state index >= 15 is 0 Å². The first kappa shape index (κ1) is 11.6. The highest BCUT2D eigenvalue weighted by Crippen LogP contribution is 2.30. The van der Waals surface area contributed by atoms with E-state index in [2.05, 4.69) is 0 Å². The lowest BCUT2D eigenvalue weighted by atomic mass is 10.2. The van der Waals surface area contributed by atoms with Gasteiger partial charge in [0.15, 0.2) is 0 Å². The van der Waals surface area contributed by atoms with E-state index in [1.54, 1.807) is 18.2 Å². The molecule has 1 heterocycles. The number of carboxylic acids is 1. The number of hydrogen-bond acceptors (Lipinski definition) is 2. The molecule has 0 saturated carbocycles. The Morgan fingerprint density at radius 3 is 2.50 bits per heavy atom. The summed E-state index contributed by atoms with van der Waals surface area (Å²) in [6.07, 6.45) is 1.54. The van der Waals surface area contributed by atoms with Crippen molar-refractivity contribution in [2.45, 2.75) is 18.9 Å². The molecule has 16 heavy (non-hydrogen) atoms. The number of halogens is 2. The first-order valence-corrected chi connectivity index (χ1v) is 5.79. The van der Waals surface area contributed by atoms with Gasteiger partial charge in [0.05, 0.1) is 0 Å². The fourth-order valence-corrected chi connectivity index (χ4v) is 2.55. The summed E-state index contributed by atoms with van der Waals surface area (Å²) in [5, 5.41) is 10.1. The Labute approximate surface area is 104 Å². The lowest BCUT2D eigenvalue weighted by Crippen LogP contribution is -2.35. The molecule has 0 amide bonds. The van der Waals surface area contributed by atoms with E-state index in [1.165, 1.54) is 0 Å². The van der Waals surface area contributed by atoms with Crippen LogP contribution >= 0.6 is 23.2 Å². The van der Waals surface area contributed by atoms with Gasteiger partial charge in [-0.2, -0.15) is 0 Å². The largest absolute Gasteiger partial charge is 0.480 e. The minimum Gasteiger partial charge on any atom is -0.480 e. The molecule has 0 aliphatic carbocycles. The van der Waals surface area contributed by atoms with Gasteiger partial charge in [0.2, 0.25) is 0 Å². The minimum atomic E-state index is -0.798. The van der Waals surface area contributed by atoms with Crippen molar-refractivity contribution in [1.82, 2.24) is 0 Å². The van der Waals surface area contributed by atoms with Gasteiger partial charge in [-0.1, -0.05) is 23.2 Å². The molecule has 2 rings (SSSR count). The lowest BCUT2D eigenvalue weighted by molar-refractivity contribution is -0.138. The summed E-state index contributed by atoms with van der Waals surface area (Å²) in [5.41, 5.74) is 0.780. The molecule has 0 bridgehead atoms. The van der Waals surface area contributed by atoms with Crippen molar-refractivity contribution < 1.29 is 9.90 Å². The zero-order chi connectivity index (χ0) is 11.7. The first-order valence-electron chi connectivity index (χ1n) is 5.03. The maximum Gasteiger partial charge on any atom is 0.326 e. The lowest BCUT2D eigenvalue weighted by Gasteiger charge is -2.23. The van der Waals surface area contributed by atoms with Crippen LogP contribution in [0.4, 0.5) is 5.69 Å².